The highest BCUT2D eigenvalue weighted by molar-refractivity contribution is 5.32. The molecule has 0 bridgehead atoms. The van der Waals surface area contributed by atoms with Gasteiger partial charge in [0.2, 0.25) is 0 Å². The van der Waals surface area contributed by atoms with Crippen molar-refractivity contribution in [3.8, 4) is 0 Å². The molecule has 57 valence electrons. The molecule has 0 aliphatic heterocycles. The van der Waals surface area contributed by atoms with Crippen LogP contribution in [0.15, 0.2) is 18.2 Å². The molecule has 0 saturated carbocycles. The number of halogens is 1. The number of hydrogen-bond acceptors (Lipinski definition) is 0. The Hall–Kier alpha value is -0.850. The quantitative estimate of drug-likeness (QED) is 0.531. The molecule has 0 amide bonds. The Balaban J connectivity index is 2.49. The minimum Gasteiger partial charge on any atom is -0.207 e. The summed E-state index contributed by atoms with van der Waals surface area (Å²) in [4.78, 5) is 0. The number of hydrogen-bond donors (Lipinski definition) is 0. The molecule has 0 nitrogen and oxygen atoms in total. The fourth-order valence-electron chi connectivity index (χ4n) is 1.57. The highest BCUT2D eigenvalue weighted by Crippen LogP contribution is 2.22. The molecule has 1 aromatic carbocycles. The molecule has 1 aliphatic carbocycles. The average Bonchev–Trinajstić information content (AvgIpc) is 2.06. The second-order valence-electron chi connectivity index (χ2n) is 2.91. The van der Waals surface area contributed by atoms with E-state index in [1.165, 1.54) is 11.6 Å². The van der Waals surface area contributed by atoms with E-state index in [0.717, 1.165) is 24.8 Å². The molecule has 1 aliphatic rings. The first-order chi connectivity index (χ1) is 5.38. The summed E-state index contributed by atoms with van der Waals surface area (Å²) in [7, 11) is 0. The topological polar surface area (TPSA) is 0 Å². The van der Waals surface area contributed by atoms with E-state index < -0.39 is 0 Å². The van der Waals surface area contributed by atoms with Gasteiger partial charge in [-0.3, -0.25) is 0 Å². The molecule has 0 aromatic heterocycles. The van der Waals surface area contributed by atoms with E-state index in [1.54, 1.807) is 6.07 Å². The summed E-state index contributed by atoms with van der Waals surface area (Å²) in [6.07, 6.45) is 5.05. The van der Waals surface area contributed by atoms with Gasteiger partial charge >= 0.3 is 0 Å². The Labute approximate surface area is 66.1 Å². The van der Waals surface area contributed by atoms with Gasteiger partial charge in [-0.2, -0.15) is 0 Å². The minimum absolute atomic E-state index is 0.0431. The van der Waals surface area contributed by atoms with Crippen LogP contribution < -0.4 is 0 Å². The van der Waals surface area contributed by atoms with Crippen molar-refractivity contribution in [1.82, 2.24) is 0 Å². The van der Waals surface area contributed by atoms with Crippen LogP contribution in [0.4, 0.5) is 4.39 Å². The fraction of sp³-hybridized carbons (Fsp3) is 0.300. The van der Waals surface area contributed by atoms with Crippen molar-refractivity contribution in [3.05, 3.63) is 41.6 Å². The second kappa shape index (κ2) is 2.65. The van der Waals surface area contributed by atoms with Crippen LogP contribution in [0.25, 0.3) is 0 Å². The van der Waals surface area contributed by atoms with Gasteiger partial charge in [0.25, 0.3) is 0 Å². The van der Waals surface area contributed by atoms with Crippen molar-refractivity contribution in [1.29, 1.82) is 0 Å². The predicted octanol–water partition coefficient (Wildman–Crippen LogP) is 2.52. The smallest absolute Gasteiger partial charge is 0.126 e. The lowest BCUT2D eigenvalue weighted by Crippen LogP contribution is -2.04. The van der Waals surface area contributed by atoms with Crippen LogP contribution in [0.5, 0.6) is 0 Å². The number of benzene rings is 1. The van der Waals surface area contributed by atoms with E-state index in [2.05, 4.69) is 6.42 Å². The normalized spacial score (nSPS) is 16.1. The van der Waals surface area contributed by atoms with Crippen LogP contribution in [-0.2, 0) is 12.8 Å². The third kappa shape index (κ3) is 1.15. The van der Waals surface area contributed by atoms with Gasteiger partial charge < -0.3 is 0 Å². The lowest BCUT2D eigenvalue weighted by molar-refractivity contribution is 0.601. The molecule has 1 aromatic rings. The van der Waals surface area contributed by atoms with Crippen molar-refractivity contribution in [2.24, 2.45) is 0 Å². The van der Waals surface area contributed by atoms with Crippen LogP contribution in [0, 0.1) is 12.2 Å². The average molecular weight is 149 g/mol. The SMILES string of the molecule is Fc1cccc2c1C[CH]CC2. The summed E-state index contributed by atoms with van der Waals surface area (Å²) in [5, 5.41) is 0. The first-order valence-electron chi connectivity index (χ1n) is 3.96. The van der Waals surface area contributed by atoms with E-state index in [1.807, 2.05) is 6.07 Å². The first kappa shape index (κ1) is 6.84. The van der Waals surface area contributed by atoms with E-state index >= 15 is 0 Å². The van der Waals surface area contributed by atoms with Gasteiger partial charge in [-0.1, -0.05) is 12.1 Å². The van der Waals surface area contributed by atoms with Gasteiger partial charge in [-0.25, -0.2) is 4.39 Å². The molecule has 0 heterocycles. The minimum atomic E-state index is -0.0431. The Morgan fingerprint density at radius 2 is 2.18 bits per heavy atom. The monoisotopic (exact) mass is 149 g/mol. The Morgan fingerprint density at radius 3 is 3.00 bits per heavy atom. The van der Waals surface area contributed by atoms with Crippen LogP contribution in [-0.4, -0.2) is 0 Å². The van der Waals surface area contributed by atoms with Crippen molar-refractivity contribution < 1.29 is 4.39 Å². The maximum atomic E-state index is 13.1. The molecule has 0 unspecified atom stereocenters. The van der Waals surface area contributed by atoms with E-state index in [0.29, 0.717) is 0 Å². The molecular formula is C10H10F. The Kier molecular flexibility index (Phi) is 1.65. The third-order valence-electron chi connectivity index (χ3n) is 2.18. The molecule has 0 atom stereocenters. The summed E-state index contributed by atoms with van der Waals surface area (Å²) < 4.78 is 13.1. The lowest BCUT2D eigenvalue weighted by Gasteiger charge is -2.14. The third-order valence-corrected chi connectivity index (χ3v) is 2.18. The molecule has 1 heteroatoms. The molecule has 2 rings (SSSR count). The highest BCUT2D eigenvalue weighted by atomic mass is 19.1. The molecule has 0 saturated heterocycles. The van der Waals surface area contributed by atoms with Gasteiger partial charge in [0, 0.05) is 0 Å². The number of aryl methyl sites for hydroxylation is 1. The van der Waals surface area contributed by atoms with Crippen molar-refractivity contribution in [2.45, 2.75) is 19.3 Å². The number of fused-ring (bicyclic) bond motifs is 1. The molecule has 11 heavy (non-hydrogen) atoms. The van der Waals surface area contributed by atoms with Gasteiger partial charge in [-0.05, 0) is 42.9 Å². The molecular weight excluding hydrogens is 139 g/mol. The maximum Gasteiger partial charge on any atom is 0.126 e. The summed E-state index contributed by atoms with van der Waals surface area (Å²) in [6.45, 7) is 0. The fourth-order valence-corrected chi connectivity index (χ4v) is 1.57. The molecule has 1 radical (unpaired) electrons. The summed E-state index contributed by atoms with van der Waals surface area (Å²) >= 11 is 0. The molecule has 0 fully saturated rings. The van der Waals surface area contributed by atoms with Gasteiger partial charge in [0.05, 0.1) is 0 Å². The second-order valence-corrected chi connectivity index (χ2v) is 2.91. The van der Waals surface area contributed by atoms with Crippen LogP contribution in [0.3, 0.4) is 0 Å². The molecule has 0 N–H and O–H groups in total. The zero-order chi connectivity index (χ0) is 7.68. The maximum absolute atomic E-state index is 13.1. The van der Waals surface area contributed by atoms with Gasteiger partial charge in [0.15, 0.2) is 0 Å². The summed E-state index contributed by atoms with van der Waals surface area (Å²) in [6, 6.07) is 5.35. The van der Waals surface area contributed by atoms with Crippen molar-refractivity contribution in [2.75, 3.05) is 0 Å². The Bertz CT molecular complexity index is 266. The van der Waals surface area contributed by atoms with E-state index in [-0.39, 0.29) is 5.82 Å². The first-order valence-corrected chi connectivity index (χ1v) is 3.96. The predicted molar refractivity (Wildman–Crippen MR) is 42.7 cm³/mol. The van der Waals surface area contributed by atoms with Crippen LogP contribution in [0.2, 0.25) is 0 Å². The van der Waals surface area contributed by atoms with Gasteiger partial charge in [0.1, 0.15) is 5.82 Å². The standard InChI is InChI=1S/C10H10F/c11-10-7-3-5-8-4-1-2-6-9(8)10/h2-3,5,7H,1,4,6H2. The van der Waals surface area contributed by atoms with E-state index in [4.69, 9.17) is 0 Å². The summed E-state index contributed by atoms with van der Waals surface area (Å²) in [5.41, 5.74) is 2.09. The number of rotatable bonds is 0. The zero-order valence-electron chi connectivity index (χ0n) is 6.31. The van der Waals surface area contributed by atoms with Gasteiger partial charge in [-0.15, -0.1) is 0 Å². The summed E-state index contributed by atoms with van der Waals surface area (Å²) in [5.74, 6) is -0.0431. The van der Waals surface area contributed by atoms with Crippen LogP contribution in [0.1, 0.15) is 17.5 Å². The highest BCUT2D eigenvalue weighted by Gasteiger charge is 2.11. The lowest BCUT2D eigenvalue weighted by atomic mass is 9.91. The van der Waals surface area contributed by atoms with Crippen LogP contribution >= 0.6 is 0 Å². The molecule has 0 spiro atoms. The van der Waals surface area contributed by atoms with Crippen molar-refractivity contribution >= 4 is 0 Å². The van der Waals surface area contributed by atoms with E-state index in [9.17, 15) is 4.39 Å². The van der Waals surface area contributed by atoms with Crippen molar-refractivity contribution in [3.63, 3.8) is 0 Å². The largest absolute Gasteiger partial charge is 0.207 e. The zero-order valence-corrected chi connectivity index (χ0v) is 6.31. The Morgan fingerprint density at radius 1 is 1.27 bits per heavy atom.